The quantitative estimate of drug-likeness (QED) is 0.773. The first-order valence-electron chi connectivity index (χ1n) is 8.55. The number of rotatable bonds is 3. The number of pyridine rings is 1. The minimum Gasteiger partial charge on any atom is -0.338 e. The number of hydrogen-bond acceptors (Lipinski definition) is 5. The average molecular weight is 366 g/mol. The normalized spacial score (nSPS) is 17.2. The van der Waals surface area contributed by atoms with Crippen molar-refractivity contribution in [3.8, 4) is 10.6 Å². The highest BCUT2D eigenvalue weighted by molar-refractivity contribution is 7.13. The van der Waals surface area contributed by atoms with Gasteiger partial charge in [-0.1, -0.05) is 6.07 Å². The molecule has 1 aliphatic heterocycles. The second-order valence-corrected chi connectivity index (χ2v) is 7.27. The van der Waals surface area contributed by atoms with Crippen LogP contribution in [0.3, 0.4) is 0 Å². The number of H-pyrrole nitrogens is 1. The van der Waals surface area contributed by atoms with E-state index in [1.807, 2.05) is 22.4 Å². The summed E-state index contributed by atoms with van der Waals surface area (Å²) in [6.07, 6.45) is 5.02. The summed E-state index contributed by atoms with van der Waals surface area (Å²) in [4.78, 5) is 39.2. The van der Waals surface area contributed by atoms with Crippen LogP contribution in [-0.2, 0) is 0 Å². The van der Waals surface area contributed by atoms with E-state index in [9.17, 15) is 9.59 Å². The molecule has 0 bridgehead atoms. The maximum absolute atomic E-state index is 12.7. The van der Waals surface area contributed by atoms with Crippen molar-refractivity contribution in [1.82, 2.24) is 19.9 Å². The second kappa shape index (κ2) is 7.21. The lowest BCUT2D eigenvalue weighted by Crippen LogP contribution is -2.40. The number of likely N-dealkylation sites (tertiary alicyclic amines) is 1. The first-order valence-corrected chi connectivity index (χ1v) is 9.43. The van der Waals surface area contributed by atoms with Crippen molar-refractivity contribution < 1.29 is 4.79 Å². The molecule has 132 valence electrons. The molecular weight excluding hydrogens is 348 g/mol. The second-order valence-electron chi connectivity index (χ2n) is 6.33. The first kappa shape index (κ1) is 16.7. The number of nitrogens with zero attached hydrogens (tertiary/aromatic N) is 3. The first-order chi connectivity index (χ1) is 12.7. The fourth-order valence-corrected chi connectivity index (χ4v) is 3.96. The summed E-state index contributed by atoms with van der Waals surface area (Å²) < 4.78 is 0. The lowest BCUT2D eigenvalue weighted by Gasteiger charge is -2.32. The Morgan fingerprint density at radius 2 is 2.23 bits per heavy atom. The van der Waals surface area contributed by atoms with Crippen LogP contribution in [0.25, 0.3) is 10.6 Å². The van der Waals surface area contributed by atoms with Crippen molar-refractivity contribution in [2.45, 2.75) is 18.8 Å². The number of carbonyl (C=O) groups excluding carboxylic acids is 1. The zero-order valence-electron chi connectivity index (χ0n) is 14.1. The lowest BCUT2D eigenvalue weighted by atomic mass is 9.96. The maximum Gasteiger partial charge on any atom is 0.255 e. The van der Waals surface area contributed by atoms with Crippen molar-refractivity contribution in [3.05, 3.63) is 69.8 Å². The van der Waals surface area contributed by atoms with Crippen LogP contribution < -0.4 is 5.56 Å². The zero-order chi connectivity index (χ0) is 17.9. The van der Waals surface area contributed by atoms with Crippen LogP contribution in [0.1, 0.15) is 34.9 Å². The molecule has 26 heavy (non-hydrogen) atoms. The molecular formula is C19H18N4O2S. The van der Waals surface area contributed by atoms with Gasteiger partial charge in [-0.2, -0.15) is 0 Å². The van der Waals surface area contributed by atoms with Gasteiger partial charge in [0.05, 0.1) is 16.1 Å². The highest BCUT2D eigenvalue weighted by Gasteiger charge is 2.27. The van der Waals surface area contributed by atoms with Crippen LogP contribution in [0.4, 0.5) is 0 Å². The van der Waals surface area contributed by atoms with Crippen LogP contribution in [0, 0.1) is 0 Å². The summed E-state index contributed by atoms with van der Waals surface area (Å²) in [6, 6.07) is 8.96. The van der Waals surface area contributed by atoms with E-state index < -0.39 is 0 Å². The number of thiophene rings is 1. The molecule has 1 N–H and O–H groups in total. The minimum absolute atomic E-state index is 0.0250. The molecule has 1 fully saturated rings. The van der Waals surface area contributed by atoms with Crippen molar-refractivity contribution in [1.29, 1.82) is 0 Å². The standard InChI is InChI=1S/C19H18N4O2S/c24-17-10-15(16-6-3-9-26-16)21-18(22-17)14-5-2-8-23(12-14)19(25)13-4-1-7-20-11-13/h1,3-4,6-7,9-11,14H,2,5,8,12H2,(H,21,22,24)/t14-/m0/s1. The Balaban J connectivity index is 1.58. The van der Waals surface area contributed by atoms with Gasteiger partial charge in [0.1, 0.15) is 5.82 Å². The Hall–Kier alpha value is -2.80. The van der Waals surface area contributed by atoms with E-state index in [4.69, 9.17) is 0 Å². The summed E-state index contributed by atoms with van der Waals surface area (Å²) in [6.45, 7) is 1.25. The molecule has 0 radical (unpaired) electrons. The molecule has 0 spiro atoms. The molecule has 4 heterocycles. The monoisotopic (exact) mass is 366 g/mol. The van der Waals surface area contributed by atoms with Gasteiger partial charge in [0.2, 0.25) is 0 Å². The predicted molar refractivity (Wildman–Crippen MR) is 100 cm³/mol. The van der Waals surface area contributed by atoms with Crippen molar-refractivity contribution in [2.24, 2.45) is 0 Å². The number of amides is 1. The molecule has 1 saturated heterocycles. The third kappa shape index (κ3) is 3.43. The Kier molecular flexibility index (Phi) is 4.62. The molecule has 4 rings (SSSR count). The van der Waals surface area contributed by atoms with Gasteiger partial charge in [0, 0.05) is 37.5 Å². The van der Waals surface area contributed by atoms with Gasteiger partial charge < -0.3 is 9.88 Å². The van der Waals surface area contributed by atoms with Crippen LogP contribution in [0.15, 0.2) is 52.9 Å². The molecule has 0 aromatic carbocycles. The molecule has 1 amide bonds. The Bertz CT molecular complexity index is 953. The topological polar surface area (TPSA) is 79.0 Å². The van der Waals surface area contributed by atoms with Crippen molar-refractivity contribution in [2.75, 3.05) is 13.1 Å². The van der Waals surface area contributed by atoms with Gasteiger partial charge in [0.15, 0.2) is 0 Å². The lowest BCUT2D eigenvalue weighted by molar-refractivity contribution is 0.0704. The van der Waals surface area contributed by atoms with Gasteiger partial charge in [-0.15, -0.1) is 11.3 Å². The fourth-order valence-electron chi connectivity index (χ4n) is 3.28. The van der Waals surface area contributed by atoms with Gasteiger partial charge in [0.25, 0.3) is 11.5 Å². The number of carbonyl (C=O) groups is 1. The van der Waals surface area contributed by atoms with Crippen molar-refractivity contribution >= 4 is 17.2 Å². The Labute approximate surface area is 154 Å². The maximum atomic E-state index is 12.7. The van der Waals surface area contributed by atoms with Crippen molar-refractivity contribution in [3.63, 3.8) is 0 Å². The van der Waals surface area contributed by atoms with Gasteiger partial charge in [-0.25, -0.2) is 4.98 Å². The molecule has 3 aromatic rings. The van der Waals surface area contributed by atoms with E-state index in [-0.39, 0.29) is 17.4 Å². The fraction of sp³-hybridized carbons (Fsp3) is 0.263. The molecule has 0 aliphatic carbocycles. The molecule has 6 nitrogen and oxygen atoms in total. The Morgan fingerprint density at radius 3 is 3.00 bits per heavy atom. The molecule has 1 atom stereocenters. The molecule has 7 heteroatoms. The summed E-state index contributed by atoms with van der Waals surface area (Å²) in [7, 11) is 0. The number of hydrogen-bond donors (Lipinski definition) is 1. The van der Waals surface area contributed by atoms with E-state index in [0.717, 1.165) is 17.7 Å². The summed E-state index contributed by atoms with van der Waals surface area (Å²) in [5.41, 5.74) is 1.12. The Morgan fingerprint density at radius 1 is 1.31 bits per heavy atom. The number of aromatic amines is 1. The van der Waals surface area contributed by atoms with Gasteiger partial charge in [-0.3, -0.25) is 14.6 Å². The van der Waals surface area contributed by atoms with E-state index in [1.54, 1.807) is 35.9 Å². The zero-order valence-corrected chi connectivity index (χ0v) is 14.9. The van der Waals surface area contributed by atoms with E-state index in [2.05, 4.69) is 15.0 Å². The summed E-state index contributed by atoms with van der Waals surface area (Å²) in [5, 5.41) is 1.97. The smallest absolute Gasteiger partial charge is 0.255 e. The molecule has 0 saturated carbocycles. The van der Waals surface area contributed by atoms with E-state index in [1.165, 1.54) is 6.07 Å². The molecule has 3 aromatic heterocycles. The average Bonchev–Trinajstić information content (AvgIpc) is 3.23. The summed E-state index contributed by atoms with van der Waals surface area (Å²) in [5.74, 6) is 0.654. The van der Waals surface area contributed by atoms with Crippen LogP contribution >= 0.6 is 11.3 Å². The number of piperidine rings is 1. The van der Waals surface area contributed by atoms with Crippen LogP contribution in [0.5, 0.6) is 0 Å². The predicted octanol–water partition coefficient (Wildman–Crippen LogP) is 2.91. The highest BCUT2D eigenvalue weighted by atomic mass is 32.1. The van der Waals surface area contributed by atoms with Gasteiger partial charge in [-0.05, 0) is 36.4 Å². The minimum atomic E-state index is -0.158. The van der Waals surface area contributed by atoms with Gasteiger partial charge >= 0.3 is 0 Å². The van der Waals surface area contributed by atoms with Crippen LogP contribution in [0.2, 0.25) is 0 Å². The largest absolute Gasteiger partial charge is 0.338 e. The SMILES string of the molecule is O=C(c1cccnc1)N1CCC[C@H](c2nc(-c3cccs3)cc(=O)[nH]2)C1. The van der Waals surface area contributed by atoms with E-state index in [0.29, 0.717) is 30.2 Å². The third-order valence-corrected chi connectivity index (χ3v) is 5.43. The van der Waals surface area contributed by atoms with E-state index >= 15 is 0 Å². The molecule has 0 unspecified atom stereocenters. The summed E-state index contributed by atoms with van der Waals surface area (Å²) >= 11 is 1.56. The molecule has 1 aliphatic rings. The highest BCUT2D eigenvalue weighted by Crippen LogP contribution is 2.27. The third-order valence-electron chi connectivity index (χ3n) is 4.54. The van der Waals surface area contributed by atoms with Crippen LogP contribution in [-0.4, -0.2) is 38.8 Å². The number of aromatic nitrogens is 3. The number of nitrogens with one attached hydrogen (secondary N) is 1.